The summed E-state index contributed by atoms with van der Waals surface area (Å²) in [6, 6.07) is 3.92. The Bertz CT molecular complexity index is 1150. The predicted octanol–water partition coefficient (Wildman–Crippen LogP) is -0.686. The molecule has 15 heteroatoms. The summed E-state index contributed by atoms with van der Waals surface area (Å²) in [7, 11) is 0. The first-order chi connectivity index (χ1) is 22.0. The first-order valence-corrected chi connectivity index (χ1v) is 16.5. The maximum absolute atomic E-state index is 14.0. The van der Waals surface area contributed by atoms with Gasteiger partial charge in [-0.05, 0) is 88.2 Å². The number of imide groups is 1. The van der Waals surface area contributed by atoms with Gasteiger partial charge in [0.25, 0.3) is 5.91 Å². The minimum atomic E-state index is -2.50. The van der Waals surface area contributed by atoms with E-state index in [2.05, 4.69) is 23.3 Å². The Morgan fingerprint density at radius 2 is 1.70 bits per heavy atom. The van der Waals surface area contributed by atoms with Crippen LogP contribution in [0.3, 0.4) is 0 Å². The second kappa shape index (κ2) is 20.2. The molecular formula is C31H51N7O7S. The number of nitrogens with one attached hydrogen (secondary N) is 2. The first kappa shape index (κ1) is 39.1. The van der Waals surface area contributed by atoms with Crippen LogP contribution in [-0.2, 0) is 30.4 Å². The van der Waals surface area contributed by atoms with Gasteiger partial charge in [0, 0.05) is 12.2 Å². The molecule has 1 aliphatic heterocycles. The number of ketones is 1. The number of carbonyl (C=O) groups excluding carboxylic acids is 4. The normalized spacial score (nSPS) is 16.1. The number of nitrogens with zero attached hydrogens (tertiary/aromatic N) is 1. The van der Waals surface area contributed by atoms with Crippen LogP contribution in [0.4, 0.5) is 0 Å². The van der Waals surface area contributed by atoms with E-state index in [0.29, 0.717) is 29.2 Å². The molecule has 14 nitrogen and oxygen atoms in total. The minimum Gasteiger partial charge on any atom is -0.494 e. The topological polar surface area (TPSA) is 246 Å². The molecule has 1 saturated heterocycles. The number of carboxylic acid groups (broad SMARTS) is 1. The summed E-state index contributed by atoms with van der Waals surface area (Å²) >= 11 is 4.02. The molecule has 1 aromatic rings. The lowest BCUT2D eigenvalue weighted by Crippen LogP contribution is -2.71. The lowest BCUT2D eigenvalue weighted by atomic mass is 9.83. The Morgan fingerprint density at radius 1 is 1.02 bits per heavy atom. The van der Waals surface area contributed by atoms with E-state index in [-0.39, 0.29) is 31.6 Å². The van der Waals surface area contributed by atoms with E-state index in [9.17, 15) is 29.1 Å². The summed E-state index contributed by atoms with van der Waals surface area (Å²) in [6.07, 6.45) is 5.56. The summed E-state index contributed by atoms with van der Waals surface area (Å²) in [5, 5.41) is 15.8. The van der Waals surface area contributed by atoms with Crippen molar-refractivity contribution in [2.24, 2.45) is 28.9 Å². The van der Waals surface area contributed by atoms with Gasteiger partial charge < -0.3 is 43.4 Å². The number of carboxylic acids is 1. The van der Waals surface area contributed by atoms with Gasteiger partial charge in [0.15, 0.2) is 11.3 Å². The number of thiol groups is 1. The highest BCUT2D eigenvalue weighted by atomic mass is 32.1. The van der Waals surface area contributed by atoms with Crippen molar-refractivity contribution in [1.29, 1.82) is 0 Å². The van der Waals surface area contributed by atoms with Crippen molar-refractivity contribution >= 4 is 42.1 Å². The van der Waals surface area contributed by atoms with Gasteiger partial charge in [-0.25, -0.2) is 4.79 Å². The number of amides is 3. The van der Waals surface area contributed by atoms with Gasteiger partial charge in [-0.15, -0.1) is 0 Å². The van der Waals surface area contributed by atoms with E-state index in [4.69, 9.17) is 27.7 Å². The summed E-state index contributed by atoms with van der Waals surface area (Å²) in [5.74, 6) is -4.49. The van der Waals surface area contributed by atoms with Crippen LogP contribution in [0, 0.1) is 5.92 Å². The zero-order chi connectivity index (χ0) is 34.1. The lowest BCUT2D eigenvalue weighted by Gasteiger charge is -2.41. The van der Waals surface area contributed by atoms with Crippen molar-refractivity contribution < 1.29 is 33.8 Å². The number of unbranched alkanes of at least 4 members (excludes halogenated alkanes) is 2. The second-order valence-corrected chi connectivity index (χ2v) is 11.9. The Labute approximate surface area is 276 Å². The molecule has 3 unspecified atom stereocenters. The molecule has 11 N–H and O–H groups in total. The second-order valence-electron chi connectivity index (χ2n) is 11.5. The molecule has 0 aromatic heterocycles. The molecule has 2 rings (SSSR count). The van der Waals surface area contributed by atoms with Crippen molar-refractivity contribution in [1.82, 2.24) is 15.5 Å². The predicted molar refractivity (Wildman–Crippen MR) is 177 cm³/mol. The number of hydrogen-bond acceptors (Lipinski definition) is 12. The van der Waals surface area contributed by atoms with Crippen LogP contribution in [0.25, 0.3) is 0 Å². The molecule has 3 atom stereocenters. The van der Waals surface area contributed by atoms with E-state index in [1.165, 1.54) is 19.3 Å². The molecule has 0 bridgehead atoms. The number of aliphatic carboxylic acids is 1. The number of piperidine rings is 1. The summed E-state index contributed by atoms with van der Waals surface area (Å²) in [4.78, 5) is 66.7. The molecule has 0 aliphatic carbocycles. The van der Waals surface area contributed by atoms with Crippen LogP contribution in [0.2, 0.25) is 0 Å². The maximum atomic E-state index is 14.0. The average Bonchev–Trinajstić information content (AvgIpc) is 3.07. The Hall–Kier alpha value is -3.08. The lowest BCUT2D eigenvalue weighted by molar-refractivity contribution is -0.165. The van der Waals surface area contributed by atoms with E-state index in [1.807, 2.05) is 0 Å². The summed E-state index contributed by atoms with van der Waals surface area (Å²) in [5.41, 5.74) is 20.8. The Balaban J connectivity index is 2.22. The third kappa shape index (κ3) is 11.0. The molecule has 1 fully saturated rings. The molecule has 1 aliphatic rings. The minimum absolute atomic E-state index is 0.130. The largest absolute Gasteiger partial charge is 0.494 e. The highest BCUT2D eigenvalue weighted by molar-refractivity contribution is 7.80. The van der Waals surface area contributed by atoms with Crippen LogP contribution >= 0.6 is 12.6 Å². The van der Waals surface area contributed by atoms with Gasteiger partial charge in [-0.2, -0.15) is 12.6 Å². The number of benzene rings is 1. The van der Waals surface area contributed by atoms with Gasteiger partial charge in [0.2, 0.25) is 11.8 Å². The number of nitrogens with two attached hydrogens (primary N) is 4. The van der Waals surface area contributed by atoms with E-state index in [0.717, 1.165) is 31.8 Å². The molecule has 3 amide bonds. The number of ether oxygens (including phenoxy) is 1. The molecule has 46 heavy (non-hydrogen) atoms. The van der Waals surface area contributed by atoms with Crippen molar-refractivity contribution in [2.75, 3.05) is 45.1 Å². The van der Waals surface area contributed by atoms with E-state index in [1.54, 1.807) is 24.3 Å². The zero-order valence-electron chi connectivity index (χ0n) is 26.5. The van der Waals surface area contributed by atoms with Gasteiger partial charge in [0.1, 0.15) is 11.8 Å². The highest BCUT2D eigenvalue weighted by Crippen LogP contribution is 2.27. The molecule has 1 aromatic carbocycles. The standard InChI is InChI=1S/C31H51N7O7S/c32-13-3-2-12-31(26(39)18-33,38(27(40)19-34)28(41)24(35)20-46)30(44)37-25(29(42)43)17-22-6-8-23(9-7-22)45-16-4-1-5-21-10-14-36-15-11-21/h6-9,21,24-25,36,46H,1-5,10-20,32-35H2,(H,37,44)(H,42,43). The van der Waals surface area contributed by atoms with Crippen LogP contribution in [0.15, 0.2) is 24.3 Å². The van der Waals surface area contributed by atoms with Crippen molar-refractivity contribution in [3.63, 3.8) is 0 Å². The summed E-state index contributed by atoms with van der Waals surface area (Å²) in [6.45, 7) is 1.46. The van der Waals surface area contributed by atoms with E-state index < -0.39 is 60.2 Å². The van der Waals surface area contributed by atoms with Crippen molar-refractivity contribution in [2.45, 2.75) is 75.4 Å². The number of Topliss-reactive ketones (excluding diaryl/α,β-unsaturated/α-hetero) is 1. The van der Waals surface area contributed by atoms with Crippen molar-refractivity contribution in [3.05, 3.63) is 29.8 Å². The van der Waals surface area contributed by atoms with Gasteiger partial charge in [-0.1, -0.05) is 18.6 Å². The molecule has 258 valence electrons. The Morgan fingerprint density at radius 3 is 2.26 bits per heavy atom. The molecule has 0 radical (unpaired) electrons. The Kier molecular flexibility index (Phi) is 17.2. The van der Waals surface area contributed by atoms with Gasteiger partial charge >= 0.3 is 5.97 Å². The fourth-order valence-electron chi connectivity index (χ4n) is 5.60. The first-order valence-electron chi connectivity index (χ1n) is 15.9. The van der Waals surface area contributed by atoms with Crippen molar-refractivity contribution in [3.8, 4) is 5.75 Å². The molecule has 0 spiro atoms. The molecule has 0 saturated carbocycles. The van der Waals surface area contributed by atoms with Crippen LogP contribution in [0.1, 0.15) is 56.9 Å². The number of carbonyl (C=O) groups is 5. The third-order valence-electron chi connectivity index (χ3n) is 8.26. The summed E-state index contributed by atoms with van der Waals surface area (Å²) < 4.78 is 5.86. The van der Waals surface area contributed by atoms with Crippen LogP contribution in [0.5, 0.6) is 5.75 Å². The van der Waals surface area contributed by atoms with E-state index >= 15 is 0 Å². The SMILES string of the molecule is NCCCCC(C(=O)CN)(C(=O)NC(Cc1ccc(OCCCCC2CCNCC2)cc1)C(=O)O)N(C(=O)CN)C(=O)C(N)CS. The van der Waals surface area contributed by atoms with Gasteiger partial charge in [-0.3, -0.25) is 24.1 Å². The average molecular weight is 666 g/mol. The number of hydrogen-bond donors (Lipinski definition) is 8. The third-order valence-corrected chi connectivity index (χ3v) is 8.65. The smallest absolute Gasteiger partial charge is 0.326 e. The fraction of sp³-hybridized carbons (Fsp3) is 0.645. The molecule has 1 heterocycles. The van der Waals surface area contributed by atoms with Crippen LogP contribution in [-0.4, -0.2) is 102 Å². The number of rotatable bonds is 21. The quantitative estimate of drug-likeness (QED) is 0.0462. The zero-order valence-corrected chi connectivity index (χ0v) is 27.4. The van der Waals surface area contributed by atoms with Crippen LogP contribution < -0.4 is 38.3 Å². The molecular weight excluding hydrogens is 614 g/mol. The highest BCUT2D eigenvalue weighted by Gasteiger charge is 2.55. The van der Waals surface area contributed by atoms with Gasteiger partial charge in [0.05, 0.1) is 25.7 Å². The monoisotopic (exact) mass is 665 g/mol. The fourth-order valence-corrected chi connectivity index (χ4v) is 5.76. The maximum Gasteiger partial charge on any atom is 0.326 e.